The molecule has 6 unspecified atom stereocenters. The maximum Gasteiger partial charge on any atom is 0.472 e. The molecule has 15 rings (SSSR count). The summed E-state index contributed by atoms with van der Waals surface area (Å²) in [4.78, 5) is 103. The van der Waals surface area contributed by atoms with Gasteiger partial charge in [-0.15, -0.1) is 0 Å². The second kappa shape index (κ2) is 26.2. The van der Waals surface area contributed by atoms with Gasteiger partial charge in [0, 0.05) is 54.4 Å². The van der Waals surface area contributed by atoms with Crippen LogP contribution >= 0.6 is 14.5 Å². The Morgan fingerprint density at radius 2 is 0.906 bits per heavy atom. The van der Waals surface area contributed by atoms with E-state index < -0.39 is 109 Å². The summed E-state index contributed by atoms with van der Waals surface area (Å²) in [6.07, 6.45) is 0.330. The summed E-state index contributed by atoms with van der Waals surface area (Å²) in [6, 6.07) is 0. The maximum absolute atomic E-state index is 12.1. The molecule has 0 saturated carbocycles. The summed E-state index contributed by atoms with van der Waals surface area (Å²) in [6.45, 7) is 4.03. The largest absolute Gasteiger partial charge is 0.472 e. The zero-order chi connectivity index (χ0) is 68.8. The molecule has 524 valence electrons. The summed E-state index contributed by atoms with van der Waals surface area (Å²) < 4.78 is 108. The van der Waals surface area contributed by atoms with E-state index in [4.69, 9.17) is 105 Å². The van der Waals surface area contributed by atoms with Gasteiger partial charge in [-0.2, -0.15) is 19.9 Å². The molecule has 7 aromatic heterocycles. The number of aromatic nitrogens is 14. The summed E-state index contributed by atoms with van der Waals surface area (Å²) in [7, 11) is 4.50. The molecule has 7 aromatic rings. The molecule has 0 radical (unpaired) electrons. The second-order valence-corrected chi connectivity index (χ2v) is 27.9. The normalized spacial score (nSPS) is 33.3. The Morgan fingerprint density at radius 1 is 0.552 bits per heavy atom. The van der Waals surface area contributed by atoms with Crippen molar-refractivity contribution in [3.8, 4) is 0 Å². The number of nitrogens with two attached hydrogens (primary N) is 4. The van der Waals surface area contributed by atoms with Gasteiger partial charge in [0.1, 0.15) is 77.1 Å². The number of aryl methyl sites for hydroxylation is 1. The van der Waals surface area contributed by atoms with Gasteiger partial charge in [0.2, 0.25) is 17.8 Å². The van der Waals surface area contributed by atoms with Gasteiger partial charge >= 0.3 is 20.2 Å². The number of fused-ring (bicyclic) bond motifs is 11. The highest BCUT2D eigenvalue weighted by Crippen LogP contribution is 2.57. The molecule has 41 nitrogen and oxygen atoms in total. The number of nitrogen functional groups attached to an aromatic ring is 4. The molecule has 8 saturated heterocycles. The Labute approximate surface area is 546 Å². The molecule has 0 aromatic carbocycles. The van der Waals surface area contributed by atoms with Crippen molar-refractivity contribution in [3.05, 3.63) is 72.3 Å². The third-order valence-electron chi connectivity index (χ3n) is 18.0. The number of methoxy groups -OCH3 is 4. The van der Waals surface area contributed by atoms with Crippen LogP contribution < -0.4 is 45.3 Å². The van der Waals surface area contributed by atoms with E-state index in [1.165, 1.54) is 35.2 Å². The fourth-order valence-electron chi connectivity index (χ4n) is 13.4. The van der Waals surface area contributed by atoms with E-state index in [2.05, 4.69) is 54.4 Å². The lowest BCUT2D eigenvalue weighted by Crippen LogP contribution is -2.45. The Balaban J connectivity index is 0.000000123. The lowest BCUT2D eigenvalue weighted by molar-refractivity contribution is -0.191. The minimum atomic E-state index is -4.26. The van der Waals surface area contributed by atoms with Gasteiger partial charge in [-0.3, -0.25) is 61.2 Å². The molecule has 96 heavy (non-hydrogen) atoms. The van der Waals surface area contributed by atoms with Crippen molar-refractivity contribution in [2.45, 2.75) is 130 Å². The number of rotatable bonds is 18. The number of phosphoric ester groups is 1. The first-order valence-corrected chi connectivity index (χ1v) is 33.7. The van der Waals surface area contributed by atoms with Crippen molar-refractivity contribution in [1.82, 2.24) is 68.1 Å². The summed E-state index contributed by atoms with van der Waals surface area (Å²) in [5.74, 6) is 0.139. The van der Waals surface area contributed by atoms with Crippen LogP contribution in [0.15, 0.2) is 44.4 Å². The minimum Gasteiger partial charge on any atom is -0.383 e. The highest BCUT2D eigenvalue weighted by molar-refractivity contribution is 8.07. The lowest BCUT2D eigenvalue weighted by Gasteiger charge is -2.31. The first-order chi connectivity index (χ1) is 45.7. The van der Waals surface area contributed by atoms with E-state index >= 15 is 0 Å². The molecule has 18 atom stereocenters. The molecule has 0 spiro atoms. The van der Waals surface area contributed by atoms with E-state index in [1.807, 2.05) is 13.8 Å². The van der Waals surface area contributed by atoms with Crippen molar-refractivity contribution in [2.24, 2.45) is 0 Å². The summed E-state index contributed by atoms with van der Waals surface area (Å²) in [5.41, 5.74) is 19.6. The van der Waals surface area contributed by atoms with E-state index in [0.717, 1.165) is 7.11 Å². The van der Waals surface area contributed by atoms with Crippen LogP contribution in [0.4, 0.5) is 23.7 Å². The lowest BCUT2D eigenvalue weighted by atomic mass is 9.96. The molecular weight excluding hydrogens is 1340 g/mol. The highest BCUT2D eigenvalue weighted by atomic mass is 32.5. The predicted octanol–water partition coefficient (Wildman–Crippen LogP) is -1.57. The zero-order valence-electron chi connectivity index (χ0n) is 52.9. The third-order valence-corrected chi connectivity index (χ3v) is 20.6. The van der Waals surface area contributed by atoms with E-state index in [1.54, 1.807) is 50.7 Å². The van der Waals surface area contributed by atoms with Gasteiger partial charge in [0.15, 0.2) is 58.4 Å². The molecule has 15 heterocycles. The average molecular weight is 1410 g/mol. The van der Waals surface area contributed by atoms with Gasteiger partial charge in [0.05, 0.1) is 58.6 Å². The van der Waals surface area contributed by atoms with E-state index in [-0.39, 0.29) is 89.1 Å². The Bertz CT molecular complexity index is 4270. The van der Waals surface area contributed by atoms with Gasteiger partial charge in [-0.25, -0.2) is 24.3 Å². The first-order valence-electron chi connectivity index (χ1n) is 29.6. The molecule has 8 aliphatic rings. The van der Waals surface area contributed by atoms with Gasteiger partial charge < -0.3 is 94.1 Å². The SMILES string of the molecule is CC[C@@]12COC([C@H](n3cnc4c(=O)[nH]c(N)nc43)O1)[C@H]2OP(=O)(O)OC.CC[C@@]12COC([C@H](n3cnc4c(=O)[nH]c(N)nc43)O1)[C@H]2OP(O)(=S)OC.COC[C@@]12COC([C@H](n3cc(C)c(N)nc3=O)O1)[C@H]2OC.COC[C@@]12COC([C@H](n3cnc4c(=O)[nH]c(N)nc43)O1)[C@H]2OC. The van der Waals surface area contributed by atoms with Crippen LogP contribution in [-0.2, 0) is 91.3 Å². The highest BCUT2D eigenvalue weighted by Gasteiger charge is 2.67. The van der Waals surface area contributed by atoms with Crippen molar-refractivity contribution < 1.29 is 89.3 Å². The van der Waals surface area contributed by atoms with Gasteiger partial charge in [-0.1, -0.05) is 13.8 Å². The summed E-state index contributed by atoms with van der Waals surface area (Å²) in [5, 5.41) is 0. The fourth-order valence-corrected chi connectivity index (χ4v) is 15.0. The molecule has 8 fully saturated rings. The standard InChI is InChI=1S/C13H18N5O7P.C13H18N5O6PS.C13H17N5O5.C13H19N3O5/c1-3-13-4-23-7(8(13)25-26(20,21)22-2)11(24-13)18-5-15-6-9(18)16-12(14)17-10(6)19;1-3-13-4-22-7(8(13)24-25(20,26)21-2)11(23-13)18-5-15-6-9(18)16-12(14)17-10(6)19;1-20-3-13-4-22-7(8(13)21-2)11(23-13)18-5-15-6-9(18)16-12(14)17-10(6)19;1-7-4-16(12(17)15-10(7)14)11-8-9(19-3)13(21-11,5-18-2)6-20-8/h5,7-8,11H,3-4H2,1-2H3,(H,20,21)(H3,14,16,17,19);5,7-8,11H,3-4H2,1-2H3,(H,20,26)(H3,14,16,17,19);5,7-8,11H,3-4H2,1-2H3,(H3,14,16,17,19);4,8-9,11H,5-6H2,1-3H3,(H2,14,15,17)/t7?,8-,11-,13+;7?,8-,11-,13+,25?;7?,8-,11-,13+;8?,9-,11-,13+/m1111/s1. The number of hydrogen-bond acceptors (Lipinski definition) is 33. The van der Waals surface area contributed by atoms with Crippen LogP contribution in [0.1, 0.15) is 57.2 Å². The smallest absolute Gasteiger partial charge is 0.383 e. The first kappa shape index (κ1) is 69.2. The predicted molar refractivity (Wildman–Crippen MR) is 332 cm³/mol. The molecule has 8 aliphatic heterocycles. The molecule has 0 amide bonds. The van der Waals surface area contributed by atoms with Gasteiger partial charge in [0.25, 0.3) is 16.7 Å². The number of ether oxygens (including phenoxy) is 12. The van der Waals surface area contributed by atoms with Crippen LogP contribution in [0.2, 0.25) is 0 Å². The third kappa shape index (κ3) is 11.8. The molecule has 13 N–H and O–H groups in total. The fraction of sp³-hybridized carbons (Fsp3) is 0.635. The van der Waals surface area contributed by atoms with Crippen molar-refractivity contribution >= 4 is 83.5 Å². The van der Waals surface area contributed by atoms with E-state index in [9.17, 15) is 33.5 Å². The van der Waals surface area contributed by atoms with Crippen molar-refractivity contribution in [1.29, 1.82) is 0 Å². The van der Waals surface area contributed by atoms with Crippen LogP contribution in [0.3, 0.4) is 0 Å². The van der Waals surface area contributed by atoms with Crippen LogP contribution in [0.5, 0.6) is 0 Å². The summed E-state index contributed by atoms with van der Waals surface area (Å²) >= 11 is 4.98. The minimum absolute atomic E-state index is 0.0169. The quantitative estimate of drug-likeness (QED) is 0.0438. The van der Waals surface area contributed by atoms with Crippen molar-refractivity contribution in [2.75, 3.05) is 105 Å². The topological polar surface area (TPSA) is 535 Å². The van der Waals surface area contributed by atoms with Crippen LogP contribution in [-0.4, -0.2) is 231 Å². The number of H-pyrrole nitrogens is 3. The molecular formula is C52H72N18O23P2S. The Morgan fingerprint density at radius 3 is 1.26 bits per heavy atom. The number of nitrogens with zero attached hydrogens (tertiary/aromatic N) is 11. The molecule has 8 bridgehead atoms. The molecule has 0 aliphatic carbocycles. The van der Waals surface area contributed by atoms with E-state index in [0.29, 0.717) is 50.5 Å². The number of imidazole rings is 3. The number of phosphoric acid groups is 1. The monoisotopic (exact) mass is 1410 g/mol. The number of nitrogens with one attached hydrogen (secondary N) is 3. The van der Waals surface area contributed by atoms with Crippen LogP contribution in [0.25, 0.3) is 33.5 Å². The second-order valence-electron chi connectivity index (χ2n) is 23.5. The Hall–Kier alpha value is -6.71. The zero-order valence-corrected chi connectivity index (χ0v) is 55.5. The number of anilines is 4. The average Bonchev–Trinajstić information content (AvgIpc) is 1.60. The van der Waals surface area contributed by atoms with Crippen molar-refractivity contribution in [3.63, 3.8) is 0 Å². The van der Waals surface area contributed by atoms with Crippen LogP contribution in [0, 0.1) is 6.92 Å². The number of aromatic amines is 3. The Kier molecular flexibility index (Phi) is 18.9. The number of hydrogen-bond donors (Lipinski definition) is 9. The van der Waals surface area contributed by atoms with Gasteiger partial charge in [-0.05, 0) is 31.6 Å². The molecule has 44 heteroatoms. The maximum atomic E-state index is 12.1.